The van der Waals surface area contributed by atoms with Gasteiger partial charge in [-0.25, -0.2) is 18.1 Å². The first-order valence-electron chi connectivity index (χ1n) is 6.45. The van der Waals surface area contributed by atoms with Crippen molar-refractivity contribution >= 4 is 43.5 Å². The van der Waals surface area contributed by atoms with E-state index >= 15 is 0 Å². The number of carbonyl (C=O) groups excluding carboxylic acids is 1. The second kappa shape index (κ2) is 7.39. The molecule has 0 saturated carbocycles. The molecule has 0 aliphatic carbocycles. The lowest BCUT2D eigenvalue weighted by molar-refractivity contribution is 0.0963. The molecular formula is C14H13BrClN3O3S. The highest BCUT2D eigenvalue weighted by Gasteiger charge is 2.19. The fraction of sp³-hybridized carbons (Fsp3) is 0.143. The Labute approximate surface area is 147 Å². The van der Waals surface area contributed by atoms with Crippen molar-refractivity contribution < 1.29 is 13.2 Å². The summed E-state index contributed by atoms with van der Waals surface area (Å²) in [5, 5.41) is 2.41. The van der Waals surface area contributed by atoms with Crippen molar-refractivity contribution in [3.63, 3.8) is 0 Å². The molecule has 122 valence electrons. The van der Waals surface area contributed by atoms with Crippen molar-refractivity contribution in [2.75, 3.05) is 7.05 Å². The van der Waals surface area contributed by atoms with E-state index in [1.54, 1.807) is 31.3 Å². The maximum Gasteiger partial charge on any atom is 0.251 e. The van der Waals surface area contributed by atoms with Crippen LogP contribution in [0.5, 0.6) is 0 Å². The molecule has 0 radical (unpaired) electrons. The molecule has 1 amide bonds. The van der Waals surface area contributed by atoms with Crippen molar-refractivity contribution in [3.05, 3.63) is 57.3 Å². The Morgan fingerprint density at radius 3 is 2.57 bits per heavy atom. The molecule has 6 nitrogen and oxygen atoms in total. The minimum absolute atomic E-state index is 0.0687. The average molecular weight is 419 g/mol. The van der Waals surface area contributed by atoms with E-state index in [2.05, 4.69) is 31.0 Å². The standard InChI is InChI=1S/C14H13BrClN3O3S/c1-17-14(20)10-4-2-9(3-5-10)7-19-23(21,22)12-6-11(15)8-18-13(12)16/h2-6,8,19H,7H2,1H3,(H,17,20). The molecule has 0 unspecified atom stereocenters. The van der Waals surface area contributed by atoms with E-state index in [9.17, 15) is 13.2 Å². The molecule has 0 bridgehead atoms. The number of nitrogens with zero attached hydrogens (tertiary/aromatic N) is 1. The highest BCUT2D eigenvalue weighted by Crippen LogP contribution is 2.22. The summed E-state index contributed by atoms with van der Waals surface area (Å²) in [4.78, 5) is 15.1. The second-order valence-corrected chi connectivity index (χ2v) is 7.55. The minimum Gasteiger partial charge on any atom is -0.355 e. The molecule has 1 aromatic heterocycles. The molecule has 0 aliphatic heterocycles. The third-order valence-electron chi connectivity index (χ3n) is 2.97. The monoisotopic (exact) mass is 417 g/mol. The number of rotatable bonds is 5. The second-order valence-electron chi connectivity index (χ2n) is 4.54. The first-order chi connectivity index (χ1) is 10.8. The van der Waals surface area contributed by atoms with Crippen LogP contribution in [0.25, 0.3) is 0 Å². The van der Waals surface area contributed by atoms with Crippen molar-refractivity contribution in [3.8, 4) is 0 Å². The fourth-order valence-electron chi connectivity index (χ4n) is 1.77. The first-order valence-corrected chi connectivity index (χ1v) is 9.10. The average Bonchev–Trinajstić information content (AvgIpc) is 2.55. The summed E-state index contributed by atoms with van der Waals surface area (Å²) < 4.78 is 27.5. The molecule has 2 rings (SSSR count). The number of nitrogens with one attached hydrogen (secondary N) is 2. The lowest BCUT2D eigenvalue weighted by atomic mass is 10.1. The number of benzene rings is 1. The molecule has 0 aliphatic rings. The van der Waals surface area contributed by atoms with Crippen LogP contribution in [0, 0.1) is 0 Å². The van der Waals surface area contributed by atoms with Gasteiger partial charge in [0.15, 0.2) is 0 Å². The zero-order valence-corrected chi connectivity index (χ0v) is 15.2. The van der Waals surface area contributed by atoms with Crippen LogP contribution >= 0.6 is 27.5 Å². The number of hydrogen-bond acceptors (Lipinski definition) is 4. The Hall–Kier alpha value is -1.48. The van der Waals surface area contributed by atoms with Crippen LogP contribution in [0.2, 0.25) is 5.15 Å². The molecule has 1 aromatic carbocycles. The Bertz CT molecular complexity index is 826. The van der Waals surface area contributed by atoms with Gasteiger partial charge in [0.2, 0.25) is 10.0 Å². The Balaban J connectivity index is 2.13. The maximum atomic E-state index is 12.3. The normalized spacial score (nSPS) is 11.3. The lowest BCUT2D eigenvalue weighted by Crippen LogP contribution is -2.24. The van der Waals surface area contributed by atoms with E-state index in [4.69, 9.17) is 11.6 Å². The summed E-state index contributed by atoms with van der Waals surface area (Å²) in [5.41, 5.74) is 1.21. The molecule has 2 N–H and O–H groups in total. The summed E-state index contributed by atoms with van der Waals surface area (Å²) in [5.74, 6) is -0.205. The molecular weight excluding hydrogens is 406 g/mol. The first kappa shape index (κ1) is 17.9. The number of halogens is 2. The van der Waals surface area contributed by atoms with Gasteiger partial charge in [0.25, 0.3) is 5.91 Å². The summed E-state index contributed by atoms with van der Waals surface area (Å²) in [6.45, 7) is 0.0687. The number of pyridine rings is 1. The fourth-order valence-corrected chi connectivity index (χ4v) is 3.73. The number of carbonyl (C=O) groups is 1. The Morgan fingerprint density at radius 2 is 1.96 bits per heavy atom. The lowest BCUT2D eigenvalue weighted by Gasteiger charge is -2.09. The highest BCUT2D eigenvalue weighted by molar-refractivity contribution is 9.10. The van der Waals surface area contributed by atoms with Crippen LogP contribution in [0.3, 0.4) is 0 Å². The van der Waals surface area contributed by atoms with Crippen LogP contribution in [0.1, 0.15) is 15.9 Å². The van der Waals surface area contributed by atoms with Crippen LogP contribution in [0.4, 0.5) is 0 Å². The maximum absolute atomic E-state index is 12.3. The van der Waals surface area contributed by atoms with Gasteiger partial charge in [0, 0.05) is 29.8 Å². The largest absolute Gasteiger partial charge is 0.355 e. The van der Waals surface area contributed by atoms with E-state index in [0.29, 0.717) is 15.6 Å². The molecule has 2 aromatic rings. The van der Waals surface area contributed by atoms with Crippen molar-refractivity contribution in [1.29, 1.82) is 0 Å². The zero-order valence-electron chi connectivity index (χ0n) is 12.0. The van der Waals surface area contributed by atoms with Gasteiger partial charge in [-0.2, -0.15) is 0 Å². The van der Waals surface area contributed by atoms with Crippen LogP contribution in [-0.4, -0.2) is 26.4 Å². The number of amides is 1. The van der Waals surface area contributed by atoms with Gasteiger partial charge >= 0.3 is 0 Å². The molecule has 0 atom stereocenters. The molecule has 1 heterocycles. The summed E-state index contributed by atoms with van der Waals surface area (Å²) in [7, 11) is -2.25. The SMILES string of the molecule is CNC(=O)c1ccc(CNS(=O)(=O)c2cc(Br)cnc2Cl)cc1. The Morgan fingerprint density at radius 1 is 1.30 bits per heavy atom. The quantitative estimate of drug-likeness (QED) is 0.730. The van der Waals surface area contributed by atoms with Gasteiger partial charge in [0.05, 0.1) is 0 Å². The zero-order chi connectivity index (χ0) is 17.0. The predicted octanol–water partition coefficient (Wildman–Crippen LogP) is 2.34. The van der Waals surface area contributed by atoms with Crippen molar-refractivity contribution in [2.24, 2.45) is 0 Å². The van der Waals surface area contributed by atoms with E-state index < -0.39 is 10.0 Å². The molecule has 0 spiro atoms. The third-order valence-corrected chi connectivity index (χ3v) is 5.23. The van der Waals surface area contributed by atoms with Gasteiger partial charge < -0.3 is 5.32 Å². The number of hydrogen-bond donors (Lipinski definition) is 2. The van der Waals surface area contributed by atoms with Crippen LogP contribution in [0.15, 0.2) is 45.9 Å². The van der Waals surface area contributed by atoms with Gasteiger partial charge in [-0.3, -0.25) is 4.79 Å². The molecule has 0 fully saturated rings. The summed E-state index contributed by atoms with van der Waals surface area (Å²) in [6, 6.07) is 7.97. The van der Waals surface area contributed by atoms with E-state index in [1.807, 2.05) is 0 Å². The summed E-state index contributed by atoms with van der Waals surface area (Å²) >= 11 is 9.00. The predicted molar refractivity (Wildman–Crippen MR) is 90.8 cm³/mol. The third kappa shape index (κ3) is 4.51. The van der Waals surface area contributed by atoms with Gasteiger partial charge in [-0.15, -0.1) is 0 Å². The van der Waals surface area contributed by atoms with Gasteiger partial charge in [-0.1, -0.05) is 23.7 Å². The topological polar surface area (TPSA) is 88.2 Å². The van der Waals surface area contributed by atoms with Crippen LogP contribution < -0.4 is 10.0 Å². The summed E-state index contributed by atoms with van der Waals surface area (Å²) in [6.07, 6.45) is 1.42. The van der Waals surface area contributed by atoms with Crippen LogP contribution in [-0.2, 0) is 16.6 Å². The van der Waals surface area contributed by atoms with E-state index in [0.717, 1.165) is 0 Å². The smallest absolute Gasteiger partial charge is 0.251 e. The highest BCUT2D eigenvalue weighted by atomic mass is 79.9. The minimum atomic E-state index is -3.80. The molecule has 23 heavy (non-hydrogen) atoms. The van der Waals surface area contributed by atoms with Gasteiger partial charge in [0.1, 0.15) is 10.0 Å². The Kier molecular flexibility index (Phi) is 5.74. The van der Waals surface area contributed by atoms with E-state index in [1.165, 1.54) is 12.3 Å². The van der Waals surface area contributed by atoms with Crippen molar-refractivity contribution in [1.82, 2.24) is 15.0 Å². The van der Waals surface area contributed by atoms with E-state index in [-0.39, 0.29) is 22.5 Å². The number of aromatic nitrogens is 1. The number of sulfonamides is 1. The van der Waals surface area contributed by atoms with Gasteiger partial charge in [-0.05, 0) is 39.7 Å². The molecule has 0 saturated heterocycles. The molecule has 9 heteroatoms. The van der Waals surface area contributed by atoms with Crippen molar-refractivity contribution in [2.45, 2.75) is 11.4 Å².